The number of rotatable bonds is 4. The maximum absolute atomic E-state index is 3.53. The predicted octanol–water partition coefficient (Wildman–Crippen LogP) is 3.98. The van der Waals surface area contributed by atoms with Crippen LogP contribution in [0, 0.1) is 12.3 Å². The van der Waals surface area contributed by atoms with Crippen LogP contribution in [0.2, 0.25) is 0 Å². The first-order chi connectivity index (χ1) is 10.1. The second-order valence-corrected chi connectivity index (χ2v) is 7.67. The van der Waals surface area contributed by atoms with Gasteiger partial charge in [-0.1, -0.05) is 43.2 Å². The van der Waals surface area contributed by atoms with E-state index < -0.39 is 0 Å². The number of halogens is 1. The molecule has 3 rings (SSSR count). The number of hydrogen-bond acceptors (Lipinski definition) is 2. The zero-order chi connectivity index (χ0) is 14.9. The molecule has 2 nitrogen and oxygen atoms in total. The molecule has 1 aromatic rings. The summed E-state index contributed by atoms with van der Waals surface area (Å²) in [6, 6.07) is 9.97. The van der Waals surface area contributed by atoms with Crippen LogP contribution in [-0.2, 0) is 0 Å². The van der Waals surface area contributed by atoms with Crippen molar-refractivity contribution in [2.75, 3.05) is 26.7 Å². The molecule has 1 saturated carbocycles. The topological polar surface area (TPSA) is 15.3 Å². The Balaban J connectivity index is 0.00000176. The number of nitrogens with zero attached hydrogens (tertiary/aromatic N) is 1. The summed E-state index contributed by atoms with van der Waals surface area (Å²) in [6.45, 7) is 8.22. The fourth-order valence-electron chi connectivity index (χ4n) is 4.39. The Labute approximate surface area is 142 Å². The first-order valence-corrected chi connectivity index (χ1v) is 8.55. The van der Waals surface area contributed by atoms with E-state index in [1.165, 1.54) is 50.9 Å². The number of likely N-dealkylation sites (N-methyl/N-ethyl adjacent to an activating group) is 1. The molecule has 0 aromatic heterocycles. The summed E-state index contributed by atoms with van der Waals surface area (Å²) in [6.07, 6.45) is 5.41. The van der Waals surface area contributed by atoms with Gasteiger partial charge in [0.05, 0.1) is 0 Å². The zero-order valence-corrected chi connectivity index (χ0v) is 15.1. The minimum Gasteiger partial charge on any atom is -0.316 e. The Morgan fingerprint density at radius 3 is 2.59 bits per heavy atom. The number of aryl methyl sites for hydroxylation is 1. The fraction of sp³-hybridized carbons (Fsp3) is 0.684. The molecule has 3 heteroatoms. The van der Waals surface area contributed by atoms with Gasteiger partial charge in [-0.15, -0.1) is 12.4 Å². The summed E-state index contributed by atoms with van der Waals surface area (Å²) < 4.78 is 0. The molecule has 1 saturated heterocycles. The van der Waals surface area contributed by atoms with Crippen molar-refractivity contribution >= 4 is 12.4 Å². The first kappa shape index (κ1) is 17.8. The Morgan fingerprint density at radius 1 is 1.23 bits per heavy atom. The summed E-state index contributed by atoms with van der Waals surface area (Å²) in [5.74, 6) is 0.730. The van der Waals surface area contributed by atoms with E-state index in [2.05, 4.69) is 55.4 Å². The third-order valence-corrected chi connectivity index (χ3v) is 5.64. The van der Waals surface area contributed by atoms with Gasteiger partial charge in [0.1, 0.15) is 0 Å². The van der Waals surface area contributed by atoms with Crippen LogP contribution in [0.1, 0.15) is 49.7 Å². The summed E-state index contributed by atoms with van der Waals surface area (Å²) >= 11 is 0. The van der Waals surface area contributed by atoms with Crippen LogP contribution in [0.4, 0.5) is 0 Å². The van der Waals surface area contributed by atoms with Crippen molar-refractivity contribution in [3.8, 4) is 0 Å². The van der Waals surface area contributed by atoms with Gasteiger partial charge < -0.3 is 10.2 Å². The molecule has 1 aliphatic heterocycles. The van der Waals surface area contributed by atoms with Crippen LogP contribution >= 0.6 is 12.4 Å². The predicted molar refractivity (Wildman–Crippen MR) is 97.0 cm³/mol. The normalized spacial score (nSPS) is 31.5. The lowest BCUT2D eigenvalue weighted by atomic mass is 9.87. The van der Waals surface area contributed by atoms with Crippen molar-refractivity contribution in [2.45, 2.75) is 51.5 Å². The second-order valence-electron chi connectivity index (χ2n) is 7.67. The van der Waals surface area contributed by atoms with Gasteiger partial charge in [-0.3, -0.25) is 0 Å². The summed E-state index contributed by atoms with van der Waals surface area (Å²) in [7, 11) is 2.35. The molecule has 0 spiro atoms. The average Bonchev–Trinajstić information content (AvgIpc) is 3.08. The Morgan fingerprint density at radius 2 is 1.95 bits per heavy atom. The van der Waals surface area contributed by atoms with Gasteiger partial charge in [-0.25, -0.2) is 0 Å². The fourth-order valence-corrected chi connectivity index (χ4v) is 4.39. The molecule has 3 atom stereocenters. The van der Waals surface area contributed by atoms with Crippen LogP contribution in [0.3, 0.4) is 0 Å². The highest BCUT2D eigenvalue weighted by Gasteiger charge is 2.36. The van der Waals surface area contributed by atoms with Crippen LogP contribution in [0.15, 0.2) is 24.3 Å². The van der Waals surface area contributed by atoms with Crippen molar-refractivity contribution in [3.63, 3.8) is 0 Å². The molecule has 0 radical (unpaired) electrons. The number of hydrogen-bond donors (Lipinski definition) is 1. The highest BCUT2D eigenvalue weighted by Crippen LogP contribution is 2.39. The Kier molecular flexibility index (Phi) is 5.93. The van der Waals surface area contributed by atoms with Crippen molar-refractivity contribution in [1.82, 2.24) is 10.2 Å². The third-order valence-electron chi connectivity index (χ3n) is 5.64. The number of nitrogens with one attached hydrogen (secondary N) is 1. The van der Waals surface area contributed by atoms with E-state index in [9.17, 15) is 0 Å². The molecule has 0 bridgehead atoms. The van der Waals surface area contributed by atoms with Gasteiger partial charge in [0.15, 0.2) is 0 Å². The molecular formula is C19H31ClN2. The van der Waals surface area contributed by atoms with Crippen molar-refractivity contribution < 1.29 is 0 Å². The summed E-state index contributed by atoms with van der Waals surface area (Å²) in [5, 5.41) is 3.53. The van der Waals surface area contributed by atoms with E-state index in [1.807, 2.05) is 0 Å². The molecule has 2 fully saturated rings. The monoisotopic (exact) mass is 322 g/mol. The van der Waals surface area contributed by atoms with E-state index >= 15 is 0 Å². The van der Waals surface area contributed by atoms with Crippen molar-refractivity contribution in [1.29, 1.82) is 0 Å². The largest absolute Gasteiger partial charge is 0.316 e. The molecule has 22 heavy (non-hydrogen) atoms. The highest BCUT2D eigenvalue weighted by atomic mass is 35.5. The molecule has 1 heterocycles. The molecule has 3 unspecified atom stereocenters. The molecule has 1 aliphatic carbocycles. The lowest BCUT2D eigenvalue weighted by Crippen LogP contribution is -2.42. The van der Waals surface area contributed by atoms with Gasteiger partial charge in [0.25, 0.3) is 0 Å². The SMILES string of the molecule is Cc1ccc(C2CCCC2N(C)CC2(C)CCNC2)cc1.Cl. The van der Waals surface area contributed by atoms with Crippen LogP contribution in [0.25, 0.3) is 0 Å². The van der Waals surface area contributed by atoms with E-state index in [0.29, 0.717) is 5.41 Å². The minimum atomic E-state index is 0. The zero-order valence-electron chi connectivity index (χ0n) is 14.3. The standard InChI is InChI=1S/C19H30N2.ClH/c1-15-7-9-16(10-8-15)17-5-4-6-18(17)21(3)14-19(2)11-12-20-13-19;/h7-10,17-18,20H,4-6,11-14H2,1-3H3;1H. The highest BCUT2D eigenvalue weighted by molar-refractivity contribution is 5.85. The molecular weight excluding hydrogens is 292 g/mol. The molecule has 124 valence electrons. The Bertz CT molecular complexity index is 465. The summed E-state index contributed by atoms with van der Waals surface area (Å²) in [5.41, 5.74) is 3.38. The summed E-state index contributed by atoms with van der Waals surface area (Å²) in [4.78, 5) is 2.66. The molecule has 1 aromatic carbocycles. The van der Waals surface area contributed by atoms with Crippen molar-refractivity contribution in [2.24, 2.45) is 5.41 Å². The lowest BCUT2D eigenvalue weighted by Gasteiger charge is -2.36. The van der Waals surface area contributed by atoms with Gasteiger partial charge in [0, 0.05) is 19.1 Å². The maximum atomic E-state index is 3.53. The molecule has 1 N–H and O–H groups in total. The van der Waals surface area contributed by atoms with Gasteiger partial charge in [0.2, 0.25) is 0 Å². The third kappa shape index (κ3) is 3.84. The smallest absolute Gasteiger partial charge is 0.0161 e. The van der Waals surface area contributed by atoms with E-state index in [1.54, 1.807) is 5.56 Å². The minimum absolute atomic E-state index is 0. The second kappa shape index (κ2) is 7.33. The van der Waals surface area contributed by atoms with Gasteiger partial charge in [-0.05, 0) is 56.7 Å². The maximum Gasteiger partial charge on any atom is 0.0161 e. The van der Waals surface area contributed by atoms with Gasteiger partial charge in [-0.2, -0.15) is 0 Å². The first-order valence-electron chi connectivity index (χ1n) is 8.55. The molecule has 2 aliphatic rings. The van der Waals surface area contributed by atoms with E-state index in [0.717, 1.165) is 12.0 Å². The average molecular weight is 323 g/mol. The number of benzene rings is 1. The lowest BCUT2D eigenvalue weighted by molar-refractivity contribution is 0.152. The molecule has 0 amide bonds. The van der Waals surface area contributed by atoms with Crippen molar-refractivity contribution in [3.05, 3.63) is 35.4 Å². The van der Waals surface area contributed by atoms with Crippen LogP contribution in [-0.4, -0.2) is 37.6 Å². The van der Waals surface area contributed by atoms with Crippen LogP contribution in [0.5, 0.6) is 0 Å². The quantitative estimate of drug-likeness (QED) is 0.902. The van der Waals surface area contributed by atoms with Gasteiger partial charge >= 0.3 is 0 Å². The van der Waals surface area contributed by atoms with E-state index in [4.69, 9.17) is 0 Å². The Hall–Kier alpha value is -0.570. The van der Waals surface area contributed by atoms with Crippen LogP contribution < -0.4 is 5.32 Å². The van der Waals surface area contributed by atoms with E-state index in [-0.39, 0.29) is 12.4 Å².